The van der Waals surface area contributed by atoms with Crippen LogP contribution in [0.15, 0.2) is 77.3 Å². The SMILES string of the molecule is Cc1onc(-c2ccc(COc3cccc(C(=O)O)c3)cc2)c1NC(=O)OCCc1ccccc1Cl. The highest BCUT2D eigenvalue weighted by molar-refractivity contribution is 6.31. The Kier molecular flexibility index (Phi) is 7.87. The third-order valence-electron chi connectivity index (χ3n) is 5.37. The maximum Gasteiger partial charge on any atom is 0.411 e. The minimum absolute atomic E-state index is 0.159. The lowest BCUT2D eigenvalue weighted by atomic mass is 10.1. The Bertz CT molecular complexity index is 1370. The maximum absolute atomic E-state index is 12.4. The summed E-state index contributed by atoms with van der Waals surface area (Å²) in [6, 6.07) is 21.1. The van der Waals surface area contributed by atoms with E-state index in [1.807, 2.05) is 42.5 Å². The number of ether oxygens (including phenoxy) is 2. The second-order valence-corrected chi connectivity index (χ2v) is 8.29. The van der Waals surface area contributed by atoms with Crippen molar-refractivity contribution in [1.82, 2.24) is 5.16 Å². The average Bonchev–Trinajstić information content (AvgIpc) is 3.24. The van der Waals surface area contributed by atoms with E-state index in [1.54, 1.807) is 25.1 Å². The van der Waals surface area contributed by atoms with Crippen molar-refractivity contribution in [3.05, 3.63) is 100 Å². The second-order valence-electron chi connectivity index (χ2n) is 7.88. The lowest BCUT2D eigenvalue weighted by Gasteiger charge is -2.09. The molecule has 184 valence electrons. The Morgan fingerprint density at radius 3 is 2.58 bits per heavy atom. The fourth-order valence-electron chi connectivity index (χ4n) is 3.45. The van der Waals surface area contributed by atoms with E-state index in [0.29, 0.717) is 34.3 Å². The molecule has 0 spiro atoms. The van der Waals surface area contributed by atoms with Gasteiger partial charge in [0, 0.05) is 17.0 Å². The van der Waals surface area contributed by atoms with Crippen LogP contribution >= 0.6 is 11.6 Å². The quantitative estimate of drug-likeness (QED) is 0.271. The number of carboxylic acids is 1. The first-order valence-corrected chi connectivity index (χ1v) is 11.5. The first-order valence-electron chi connectivity index (χ1n) is 11.1. The van der Waals surface area contributed by atoms with Crippen molar-refractivity contribution in [1.29, 1.82) is 0 Å². The number of nitrogens with zero attached hydrogens (tertiary/aromatic N) is 1. The molecule has 1 amide bonds. The third-order valence-corrected chi connectivity index (χ3v) is 5.73. The number of carbonyl (C=O) groups excluding carboxylic acids is 1. The molecular weight excluding hydrogens is 484 g/mol. The minimum atomic E-state index is -1.01. The van der Waals surface area contributed by atoms with Gasteiger partial charge in [-0.15, -0.1) is 0 Å². The van der Waals surface area contributed by atoms with Gasteiger partial charge in [0.15, 0.2) is 5.76 Å². The molecule has 0 saturated heterocycles. The lowest BCUT2D eigenvalue weighted by Crippen LogP contribution is -2.16. The van der Waals surface area contributed by atoms with Gasteiger partial charge in [0.1, 0.15) is 23.7 Å². The molecule has 0 unspecified atom stereocenters. The van der Waals surface area contributed by atoms with Gasteiger partial charge < -0.3 is 19.1 Å². The topological polar surface area (TPSA) is 111 Å². The van der Waals surface area contributed by atoms with Crippen LogP contribution in [-0.4, -0.2) is 28.9 Å². The van der Waals surface area contributed by atoms with Crippen LogP contribution in [0.3, 0.4) is 0 Å². The molecule has 0 aliphatic carbocycles. The number of amides is 1. The zero-order valence-corrected chi connectivity index (χ0v) is 20.1. The van der Waals surface area contributed by atoms with Gasteiger partial charge in [0.2, 0.25) is 0 Å². The summed E-state index contributed by atoms with van der Waals surface area (Å²) >= 11 is 6.14. The third kappa shape index (κ3) is 6.22. The van der Waals surface area contributed by atoms with E-state index in [-0.39, 0.29) is 18.8 Å². The number of aromatic carboxylic acids is 1. The van der Waals surface area contributed by atoms with E-state index in [4.69, 9.17) is 30.7 Å². The van der Waals surface area contributed by atoms with Crippen LogP contribution in [0.4, 0.5) is 10.5 Å². The molecule has 0 fully saturated rings. The molecule has 36 heavy (non-hydrogen) atoms. The van der Waals surface area contributed by atoms with Crippen LogP contribution in [-0.2, 0) is 17.8 Å². The number of hydrogen-bond donors (Lipinski definition) is 2. The largest absolute Gasteiger partial charge is 0.489 e. The lowest BCUT2D eigenvalue weighted by molar-refractivity contribution is 0.0696. The summed E-state index contributed by atoms with van der Waals surface area (Å²) in [7, 11) is 0. The molecule has 9 heteroatoms. The summed E-state index contributed by atoms with van der Waals surface area (Å²) in [5.74, 6) is -0.106. The second kappa shape index (κ2) is 11.4. The molecule has 0 aliphatic heterocycles. The van der Waals surface area contributed by atoms with Crippen LogP contribution in [0.25, 0.3) is 11.3 Å². The minimum Gasteiger partial charge on any atom is -0.489 e. The van der Waals surface area contributed by atoms with Crippen molar-refractivity contribution in [2.45, 2.75) is 20.0 Å². The first-order chi connectivity index (χ1) is 17.4. The molecule has 0 bridgehead atoms. The Labute approximate surface area is 212 Å². The van der Waals surface area contributed by atoms with Crippen molar-refractivity contribution in [2.75, 3.05) is 11.9 Å². The van der Waals surface area contributed by atoms with Crippen molar-refractivity contribution < 1.29 is 28.7 Å². The van der Waals surface area contributed by atoms with E-state index in [0.717, 1.165) is 16.7 Å². The predicted octanol–water partition coefficient (Wildman–Crippen LogP) is 6.37. The Hall–Kier alpha value is -4.30. The van der Waals surface area contributed by atoms with Crippen molar-refractivity contribution in [2.24, 2.45) is 0 Å². The van der Waals surface area contributed by atoms with E-state index in [9.17, 15) is 9.59 Å². The summed E-state index contributed by atoms with van der Waals surface area (Å²) in [6.45, 7) is 2.12. The average molecular weight is 507 g/mol. The van der Waals surface area contributed by atoms with E-state index >= 15 is 0 Å². The molecule has 0 atom stereocenters. The molecule has 1 heterocycles. The summed E-state index contributed by atoms with van der Waals surface area (Å²) in [5, 5.41) is 16.5. The summed E-state index contributed by atoms with van der Waals surface area (Å²) in [4.78, 5) is 23.5. The zero-order chi connectivity index (χ0) is 25.5. The van der Waals surface area contributed by atoms with Crippen LogP contribution in [0.2, 0.25) is 5.02 Å². The number of anilines is 1. The molecule has 8 nitrogen and oxygen atoms in total. The molecule has 4 aromatic rings. The van der Waals surface area contributed by atoms with Gasteiger partial charge in [-0.1, -0.05) is 65.3 Å². The molecule has 4 rings (SSSR count). The van der Waals surface area contributed by atoms with E-state index in [2.05, 4.69) is 10.5 Å². The Balaban J connectivity index is 1.36. The number of nitrogens with one attached hydrogen (secondary N) is 1. The molecule has 1 aromatic heterocycles. The van der Waals surface area contributed by atoms with Gasteiger partial charge in [-0.25, -0.2) is 9.59 Å². The fourth-order valence-corrected chi connectivity index (χ4v) is 3.68. The van der Waals surface area contributed by atoms with Gasteiger partial charge in [0.25, 0.3) is 0 Å². The van der Waals surface area contributed by atoms with Gasteiger partial charge >= 0.3 is 12.1 Å². The number of carboxylic acid groups (broad SMARTS) is 1. The van der Waals surface area contributed by atoms with Crippen LogP contribution in [0.1, 0.15) is 27.2 Å². The monoisotopic (exact) mass is 506 g/mol. The highest BCUT2D eigenvalue weighted by Crippen LogP contribution is 2.30. The van der Waals surface area contributed by atoms with E-state index < -0.39 is 12.1 Å². The molecule has 3 aromatic carbocycles. The van der Waals surface area contributed by atoms with Crippen LogP contribution < -0.4 is 10.1 Å². The van der Waals surface area contributed by atoms with Gasteiger partial charge in [-0.05, 0) is 42.3 Å². The molecule has 2 N–H and O–H groups in total. The molecule has 0 radical (unpaired) electrons. The molecule has 0 saturated carbocycles. The van der Waals surface area contributed by atoms with Gasteiger partial charge in [-0.2, -0.15) is 0 Å². The zero-order valence-electron chi connectivity index (χ0n) is 19.4. The van der Waals surface area contributed by atoms with Crippen molar-refractivity contribution in [3.8, 4) is 17.0 Å². The Morgan fingerprint density at radius 2 is 1.83 bits per heavy atom. The van der Waals surface area contributed by atoms with Crippen LogP contribution in [0.5, 0.6) is 5.75 Å². The molecular formula is C27H23ClN2O6. The van der Waals surface area contributed by atoms with Crippen molar-refractivity contribution >= 4 is 29.4 Å². The normalized spacial score (nSPS) is 10.6. The summed E-state index contributed by atoms with van der Waals surface area (Å²) < 4.78 is 16.3. The maximum atomic E-state index is 12.4. The van der Waals surface area contributed by atoms with Crippen LogP contribution in [0, 0.1) is 6.92 Å². The number of rotatable bonds is 9. The number of halogens is 1. The highest BCUT2D eigenvalue weighted by atomic mass is 35.5. The molecule has 0 aliphatic rings. The van der Waals surface area contributed by atoms with Gasteiger partial charge in [0.05, 0.1) is 12.2 Å². The highest BCUT2D eigenvalue weighted by Gasteiger charge is 2.18. The number of carbonyl (C=O) groups is 2. The first kappa shape index (κ1) is 24.8. The number of benzene rings is 3. The summed E-state index contributed by atoms with van der Waals surface area (Å²) in [5.41, 5.74) is 3.55. The Morgan fingerprint density at radius 1 is 1.06 bits per heavy atom. The van der Waals surface area contributed by atoms with E-state index in [1.165, 1.54) is 12.1 Å². The number of aryl methyl sites for hydroxylation is 1. The predicted molar refractivity (Wildman–Crippen MR) is 135 cm³/mol. The summed E-state index contributed by atoms with van der Waals surface area (Å²) in [6.07, 6.45) is -0.129. The smallest absolute Gasteiger partial charge is 0.411 e. The number of aromatic nitrogens is 1. The fraction of sp³-hybridized carbons (Fsp3) is 0.148. The van der Waals surface area contributed by atoms with Crippen molar-refractivity contribution in [3.63, 3.8) is 0 Å². The van der Waals surface area contributed by atoms with Gasteiger partial charge in [-0.3, -0.25) is 5.32 Å². The standard InChI is InChI=1S/C27H23ClN2O6/c1-17-24(29-27(33)34-14-13-19-5-2-3-8-23(19)28)25(30-36-17)20-11-9-18(10-12-20)16-35-22-7-4-6-21(15-22)26(31)32/h2-12,15H,13-14,16H2,1H3,(H,29,33)(H,31,32). The number of hydrogen-bond acceptors (Lipinski definition) is 6.